The molecule has 1 aromatic heterocycles. The van der Waals surface area contributed by atoms with E-state index in [1.165, 1.54) is 0 Å². The molecule has 144 valence electrons. The van der Waals surface area contributed by atoms with Crippen LogP contribution in [0.25, 0.3) is 0 Å². The quantitative estimate of drug-likeness (QED) is 0.807. The molecule has 1 amide bonds. The molecule has 1 atom stereocenters. The zero-order valence-electron chi connectivity index (χ0n) is 15.9. The van der Waals surface area contributed by atoms with Crippen molar-refractivity contribution >= 4 is 11.6 Å². The molecule has 0 saturated heterocycles. The Labute approximate surface area is 159 Å². The lowest BCUT2D eigenvalue weighted by Crippen LogP contribution is -2.51. The molecule has 7 nitrogen and oxygen atoms in total. The van der Waals surface area contributed by atoms with E-state index < -0.39 is 6.10 Å². The summed E-state index contributed by atoms with van der Waals surface area (Å²) in [5.41, 5.74) is 0.940. The van der Waals surface area contributed by atoms with Gasteiger partial charge in [0.1, 0.15) is 5.75 Å². The lowest BCUT2D eigenvalue weighted by Gasteiger charge is -2.35. The van der Waals surface area contributed by atoms with Crippen molar-refractivity contribution in [3.05, 3.63) is 36.0 Å². The highest BCUT2D eigenvalue weighted by atomic mass is 16.5. The van der Waals surface area contributed by atoms with Crippen molar-refractivity contribution in [1.29, 1.82) is 0 Å². The largest absolute Gasteiger partial charge is 0.477 e. The van der Waals surface area contributed by atoms with Crippen LogP contribution in [-0.4, -0.2) is 34.7 Å². The molecule has 1 fully saturated rings. The van der Waals surface area contributed by atoms with Gasteiger partial charge >= 0.3 is 0 Å². The summed E-state index contributed by atoms with van der Waals surface area (Å²) in [7, 11) is 0. The second-order valence-corrected chi connectivity index (χ2v) is 7.30. The number of amides is 1. The minimum atomic E-state index is -0.564. The van der Waals surface area contributed by atoms with E-state index >= 15 is 0 Å². The molecule has 1 N–H and O–H groups in total. The normalized spacial score (nSPS) is 18.9. The first kappa shape index (κ1) is 17.8. The first-order valence-corrected chi connectivity index (χ1v) is 9.81. The molecule has 7 heteroatoms. The Balaban J connectivity index is 1.51. The number of fused-ring (bicyclic) bond motifs is 1. The lowest BCUT2D eigenvalue weighted by atomic mass is 10.1. The summed E-state index contributed by atoms with van der Waals surface area (Å²) in [5, 5.41) is 7.18. The molecule has 27 heavy (non-hydrogen) atoms. The Kier molecular flexibility index (Phi) is 5.01. The first-order chi connectivity index (χ1) is 13.2. The summed E-state index contributed by atoms with van der Waals surface area (Å²) in [6, 6.07) is 7.92. The maximum atomic E-state index is 12.7. The molecule has 0 radical (unpaired) electrons. The minimum Gasteiger partial charge on any atom is -0.477 e. The molecule has 1 aliphatic carbocycles. The lowest BCUT2D eigenvalue weighted by molar-refractivity contribution is -0.128. The van der Waals surface area contributed by atoms with Crippen LogP contribution in [0.15, 0.2) is 28.8 Å². The van der Waals surface area contributed by atoms with Crippen molar-refractivity contribution in [3.8, 4) is 5.75 Å². The number of nitrogens with one attached hydrogen (secondary N) is 1. The molecule has 0 bridgehead atoms. The van der Waals surface area contributed by atoms with Crippen LogP contribution in [0.2, 0.25) is 0 Å². The first-order valence-electron chi connectivity index (χ1n) is 9.81. The van der Waals surface area contributed by atoms with E-state index in [0.717, 1.165) is 37.2 Å². The fourth-order valence-electron chi connectivity index (χ4n) is 3.38. The predicted molar refractivity (Wildman–Crippen MR) is 101 cm³/mol. The van der Waals surface area contributed by atoms with Crippen molar-refractivity contribution in [1.82, 2.24) is 15.5 Å². The smallest absolute Gasteiger partial charge is 0.263 e. The number of anilines is 1. The highest BCUT2D eigenvalue weighted by Gasteiger charge is 2.33. The van der Waals surface area contributed by atoms with Gasteiger partial charge in [-0.2, -0.15) is 4.98 Å². The number of ether oxygens (including phenoxy) is 1. The number of benzene rings is 1. The van der Waals surface area contributed by atoms with Crippen LogP contribution in [0, 0.1) is 0 Å². The second-order valence-electron chi connectivity index (χ2n) is 7.30. The zero-order chi connectivity index (χ0) is 18.8. The van der Waals surface area contributed by atoms with E-state index in [2.05, 4.69) is 34.2 Å². The Hall–Kier alpha value is -2.57. The third-order valence-corrected chi connectivity index (χ3v) is 5.24. The number of carbonyl (C=O) groups excluding carboxylic acids is 1. The van der Waals surface area contributed by atoms with Crippen LogP contribution in [-0.2, 0) is 11.3 Å². The molecule has 0 unspecified atom stereocenters. The van der Waals surface area contributed by atoms with Gasteiger partial charge in [-0.25, -0.2) is 0 Å². The van der Waals surface area contributed by atoms with Gasteiger partial charge in [0.05, 0.1) is 18.8 Å². The Bertz CT molecular complexity index is 798. The van der Waals surface area contributed by atoms with Gasteiger partial charge < -0.3 is 19.5 Å². The third-order valence-electron chi connectivity index (χ3n) is 5.24. The van der Waals surface area contributed by atoms with Crippen molar-refractivity contribution in [2.24, 2.45) is 0 Å². The van der Waals surface area contributed by atoms with E-state index in [1.807, 2.05) is 24.3 Å². The van der Waals surface area contributed by atoms with Gasteiger partial charge in [-0.15, -0.1) is 0 Å². The maximum Gasteiger partial charge on any atom is 0.263 e. The van der Waals surface area contributed by atoms with E-state index in [-0.39, 0.29) is 11.9 Å². The molecule has 4 rings (SSSR count). The number of rotatable bonds is 7. The van der Waals surface area contributed by atoms with Crippen LogP contribution in [0.5, 0.6) is 5.75 Å². The van der Waals surface area contributed by atoms with Gasteiger partial charge in [-0.3, -0.25) is 4.79 Å². The molecule has 1 aliphatic heterocycles. The zero-order valence-corrected chi connectivity index (χ0v) is 15.9. The summed E-state index contributed by atoms with van der Waals surface area (Å²) in [6.45, 7) is 5.06. The van der Waals surface area contributed by atoms with Crippen LogP contribution in [0.3, 0.4) is 0 Å². The van der Waals surface area contributed by atoms with Gasteiger partial charge in [0.25, 0.3) is 5.91 Å². The average molecular weight is 370 g/mol. The van der Waals surface area contributed by atoms with Gasteiger partial charge in [-0.05, 0) is 37.8 Å². The number of para-hydroxylation sites is 2. The second kappa shape index (κ2) is 7.58. The van der Waals surface area contributed by atoms with Crippen LogP contribution in [0.4, 0.5) is 5.69 Å². The molecule has 2 aromatic rings. The van der Waals surface area contributed by atoms with Gasteiger partial charge in [0, 0.05) is 12.0 Å². The number of hydrogen-bond donors (Lipinski definition) is 1. The molecular formula is C20H26N4O3. The van der Waals surface area contributed by atoms with Crippen LogP contribution in [0.1, 0.15) is 57.2 Å². The Morgan fingerprint density at radius 2 is 2.07 bits per heavy atom. The van der Waals surface area contributed by atoms with Crippen molar-refractivity contribution in [2.75, 3.05) is 11.4 Å². The summed E-state index contributed by atoms with van der Waals surface area (Å²) >= 11 is 0. The number of carbonyl (C=O) groups is 1. The number of nitrogens with zero attached hydrogens (tertiary/aromatic N) is 3. The van der Waals surface area contributed by atoms with Crippen LogP contribution >= 0.6 is 0 Å². The molecule has 0 spiro atoms. The monoisotopic (exact) mass is 370 g/mol. The summed E-state index contributed by atoms with van der Waals surface area (Å²) in [5.74, 6) is 2.46. The third kappa shape index (κ3) is 3.91. The molecule has 1 aromatic carbocycles. The average Bonchev–Trinajstić information content (AvgIpc) is 3.45. The van der Waals surface area contributed by atoms with Gasteiger partial charge in [-0.1, -0.05) is 31.1 Å². The summed E-state index contributed by atoms with van der Waals surface area (Å²) in [6.07, 6.45) is 3.52. The van der Waals surface area contributed by atoms with Gasteiger partial charge in [0.15, 0.2) is 11.9 Å². The summed E-state index contributed by atoms with van der Waals surface area (Å²) in [4.78, 5) is 19.3. The highest BCUT2D eigenvalue weighted by molar-refractivity contribution is 5.83. The molecule has 1 saturated carbocycles. The van der Waals surface area contributed by atoms with Crippen molar-refractivity contribution in [3.63, 3.8) is 0 Å². The standard InChI is InChI=1S/C20H26N4O3/c1-3-14(4-2)21-20(25)17-11-24(15-7-5-6-8-16(15)26-17)12-18-22-19(23-27-18)13-9-10-13/h5-8,13-14,17H,3-4,9-12H2,1-2H3,(H,21,25)/t17-/m0/s1. The van der Waals surface area contributed by atoms with E-state index in [0.29, 0.717) is 30.6 Å². The fourth-order valence-corrected chi connectivity index (χ4v) is 3.38. The Morgan fingerprint density at radius 3 is 2.81 bits per heavy atom. The van der Waals surface area contributed by atoms with Crippen LogP contribution < -0.4 is 15.0 Å². The van der Waals surface area contributed by atoms with Crippen molar-refractivity contribution < 1.29 is 14.1 Å². The van der Waals surface area contributed by atoms with E-state index in [9.17, 15) is 4.79 Å². The molecule has 2 aliphatic rings. The Morgan fingerprint density at radius 1 is 1.30 bits per heavy atom. The van der Waals surface area contributed by atoms with E-state index in [4.69, 9.17) is 9.26 Å². The predicted octanol–water partition coefficient (Wildman–Crippen LogP) is 3.02. The molecule has 2 heterocycles. The SMILES string of the molecule is CCC(CC)NC(=O)[C@@H]1CN(Cc2nc(C3CC3)no2)c2ccccc2O1. The maximum absolute atomic E-state index is 12.7. The highest BCUT2D eigenvalue weighted by Crippen LogP contribution is 2.38. The van der Waals surface area contributed by atoms with Crippen molar-refractivity contribution in [2.45, 2.75) is 64.1 Å². The fraction of sp³-hybridized carbons (Fsp3) is 0.550. The topological polar surface area (TPSA) is 80.5 Å². The molecular weight excluding hydrogens is 344 g/mol. The van der Waals surface area contributed by atoms with E-state index in [1.54, 1.807) is 0 Å². The minimum absolute atomic E-state index is 0.0765. The number of aromatic nitrogens is 2. The van der Waals surface area contributed by atoms with Gasteiger partial charge in [0.2, 0.25) is 5.89 Å². The number of hydrogen-bond acceptors (Lipinski definition) is 6. The summed E-state index contributed by atoms with van der Waals surface area (Å²) < 4.78 is 11.4.